The van der Waals surface area contributed by atoms with Gasteiger partial charge < -0.3 is 20.1 Å². The molecule has 2 amide bonds. The lowest BCUT2D eigenvalue weighted by Gasteiger charge is -2.18. The molecule has 10 heteroatoms. The third-order valence-electron chi connectivity index (χ3n) is 7.15. The molecule has 0 radical (unpaired) electrons. The highest BCUT2D eigenvalue weighted by Gasteiger charge is 2.30. The normalized spacial score (nSPS) is 15.7. The Bertz CT molecular complexity index is 1670. The minimum atomic E-state index is -0.474. The summed E-state index contributed by atoms with van der Waals surface area (Å²) in [6.07, 6.45) is 5.12. The summed E-state index contributed by atoms with van der Waals surface area (Å²) in [5.74, 6) is -0.196. The van der Waals surface area contributed by atoms with E-state index in [1.54, 1.807) is 12.4 Å². The van der Waals surface area contributed by atoms with Crippen LogP contribution in [0.3, 0.4) is 0 Å². The summed E-state index contributed by atoms with van der Waals surface area (Å²) < 4.78 is 1.88. The van der Waals surface area contributed by atoms with Gasteiger partial charge in [0.1, 0.15) is 0 Å². The first-order chi connectivity index (χ1) is 19.4. The second kappa shape index (κ2) is 10.1. The zero-order valence-electron chi connectivity index (χ0n) is 21.8. The third kappa shape index (κ3) is 4.82. The van der Waals surface area contributed by atoms with Gasteiger partial charge >= 0.3 is 0 Å². The summed E-state index contributed by atoms with van der Waals surface area (Å²) in [5.41, 5.74) is 5.94. The fourth-order valence-corrected chi connectivity index (χ4v) is 5.09. The molecule has 1 saturated heterocycles. The van der Waals surface area contributed by atoms with Crippen LogP contribution in [0.15, 0.2) is 79.3 Å². The van der Waals surface area contributed by atoms with Crippen molar-refractivity contribution in [2.75, 3.05) is 17.2 Å². The Morgan fingerprint density at radius 1 is 1.07 bits per heavy atom. The van der Waals surface area contributed by atoms with Crippen molar-refractivity contribution in [3.8, 4) is 11.3 Å². The lowest BCUT2D eigenvalue weighted by Crippen LogP contribution is -2.23. The number of nitrogens with zero attached hydrogens (tertiary/aromatic N) is 4. The van der Waals surface area contributed by atoms with E-state index in [-0.39, 0.29) is 17.5 Å². The standard InChI is InChI=1S/C30H26N6O4/c1-34-17-26(31-18-34)20-8-10-22(11-9-20)32-29(21-6-4-19(5-7-21)16-35-14-2-3-27(35)37)28-24-15-23(36(39)40)12-13-25(24)33-30(28)38/h4-13,15,17-18,32H,2-3,14,16H2,1H3,(H,33,38)/b29-28-. The van der Waals surface area contributed by atoms with Crippen molar-refractivity contribution in [3.63, 3.8) is 0 Å². The molecular weight excluding hydrogens is 508 g/mol. The van der Waals surface area contributed by atoms with E-state index in [1.807, 2.05) is 71.2 Å². The molecule has 3 heterocycles. The van der Waals surface area contributed by atoms with Crippen LogP contribution in [0.2, 0.25) is 0 Å². The molecule has 40 heavy (non-hydrogen) atoms. The van der Waals surface area contributed by atoms with Crippen LogP contribution in [0, 0.1) is 10.1 Å². The van der Waals surface area contributed by atoms with E-state index in [2.05, 4.69) is 15.6 Å². The highest BCUT2D eigenvalue weighted by molar-refractivity contribution is 6.37. The molecular formula is C30H26N6O4. The molecule has 2 N–H and O–H groups in total. The number of fused-ring (bicyclic) bond motifs is 1. The zero-order valence-corrected chi connectivity index (χ0v) is 21.8. The number of carbonyl (C=O) groups is 2. The van der Waals surface area contributed by atoms with Crippen molar-refractivity contribution in [1.82, 2.24) is 14.5 Å². The molecule has 0 bridgehead atoms. The number of hydrogen-bond acceptors (Lipinski definition) is 6. The van der Waals surface area contributed by atoms with E-state index in [1.165, 1.54) is 12.1 Å². The van der Waals surface area contributed by atoms with Crippen LogP contribution < -0.4 is 10.6 Å². The number of carbonyl (C=O) groups excluding carboxylic acids is 2. The number of nitro benzene ring substituents is 1. The topological polar surface area (TPSA) is 122 Å². The van der Waals surface area contributed by atoms with Gasteiger partial charge in [-0.05, 0) is 35.7 Å². The lowest BCUT2D eigenvalue weighted by molar-refractivity contribution is -0.384. The first kappa shape index (κ1) is 25.1. The minimum absolute atomic E-state index is 0.0996. The summed E-state index contributed by atoms with van der Waals surface area (Å²) in [7, 11) is 1.91. The molecule has 0 aliphatic carbocycles. The van der Waals surface area contributed by atoms with Crippen LogP contribution in [0.25, 0.3) is 22.5 Å². The SMILES string of the molecule is Cn1cnc(-c2ccc(N/C(=C3\C(=O)Nc4ccc([N+](=O)[O-])cc43)c3ccc(CN4CCCC4=O)cc3)cc2)c1. The molecule has 200 valence electrons. The lowest BCUT2D eigenvalue weighted by atomic mass is 9.98. The van der Waals surface area contributed by atoms with Gasteiger partial charge in [0.15, 0.2) is 0 Å². The molecule has 2 aliphatic heterocycles. The Balaban J connectivity index is 1.39. The first-order valence-electron chi connectivity index (χ1n) is 12.9. The number of anilines is 2. The van der Waals surface area contributed by atoms with Crippen LogP contribution in [0.1, 0.15) is 29.5 Å². The van der Waals surface area contributed by atoms with Gasteiger partial charge in [-0.15, -0.1) is 0 Å². The maximum absolute atomic E-state index is 13.3. The number of amides is 2. The van der Waals surface area contributed by atoms with E-state index in [9.17, 15) is 19.7 Å². The maximum Gasteiger partial charge on any atom is 0.270 e. The third-order valence-corrected chi connectivity index (χ3v) is 7.15. The predicted octanol–water partition coefficient (Wildman–Crippen LogP) is 5.05. The number of aromatic nitrogens is 2. The highest BCUT2D eigenvalue weighted by Crippen LogP contribution is 2.39. The highest BCUT2D eigenvalue weighted by atomic mass is 16.6. The molecule has 4 aromatic rings. The van der Waals surface area contributed by atoms with Crippen molar-refractivity contribution in [2.45, 2.75) is 19.4 Å². The van der Waals surface area contributed by atoms with Crippen LogP contribution in [-0.2, 0) is 23.2 Å². The monoisotopic (exact) mass is 534 g/mol. The molecule has 0 unspecified atom stereocenters. The van der Waals surface area contributed by atoms with Gasteiger partial charge in [0.25, 0.3) is 11.6 Å². The van der Waals surface area contributed by atoms with E-state index in [0.29, 0.717) is 35.5 Å². The van der Waals surface area contributed by atoms with Crippen molar-refractivity contribution >= 4 is 40.1 Å². The molecule has 10 nitrogen and oxygen atoms in total. The van der Waals surface area contributed by atoms with E-state index in [0.717, 1.165) is 41.0 Å². The fourth-order valence-electron chi connectivity index (χ4n) is 5.09. The smallest absolute Gasteiger partial charge is 0.270 e. The van der Waals surface area contributed by atoms with Gasteiger partial charge in [0, 0.05) is 67.4 Å². The van der Waals surface area contributed by atoms with Crippen molar-refractivity contribution in [1.29, 1.82) is 0 Å². The van der Waals surface area contributed by atoms with Crippen molar-refractivity contribution in [3.05, 3.63) is 106 Å². The average Bonchev–Trinajstić information content (AvgIpc) is 3.66. The van der Waals surface area contributed by atoms with Gasteiger partial charge in [-0.25, -0.2) is 4.98 Å². The van der Waals surface area contributed by atoms with Crippen LogP contribution in [-0.4, -0.2) is 37.7 Å². The first-order valence-corrected chi connectivity index (χ1v) is 12.9. The number of benzene rings is 3. The molecule has 6 rings (SSSR count). The number of aryl methyl sites for hydroxylation is 1. The molecule has 1 fully saturated rings. The minimum Gasteiger partial charge on any atom is -0.354 e. The quantitative estimate of drug-likeness (QED) is 0.194. The van der Waals surface area contributed by atoms with Gasteiger partial charge in [-0.3, -0.25) is 19.7 Å². The van der Waals surface area contributed by atoms with E-state index < -0.39 is 4.92 Å². The zero-order chi connectivity index (χ0) is 27.8. The summed E-state index contributed by atoms with van der Waals surface area (Å²) >= 11 is 0. The Morgan fingerprint density at radius 2 is 1.85 bits per heavy atom. The van der Waals surface area contributed by atoms with Gasteiger partial charge in [0.05, 0.1) is 28.2 Å². The van der Waals surface area contributed by atoms with E-state index in [4.69, 9.17) is 0 Å². The number of nitro groups is 1. The number of non-ortho nitro benzene ring substituents is 1. The van der Waals surface area contributed by atoms with Gasteiger partial charge in [0.2, 0.25) is 5.91 Å². The van der Waals surface area contributed by atoms with Gasteiger partial charge in [-0.1, -0.05) is 36.4 Å². The maximum atomic E-state index is 13.3. The van der Waals surface area contributed by atoms with E-state index >= 15 is 0 Å². The molecule has 3 aromatic carbocycles. The molecule has 0 spiro atoms. The predicted molar refractivity (Wildman–Crippen MR) is 152 cm³/mol. The Kier molecular flexibility index (Phi) is 6.35. The van der Waals surface area contributed by atoms with Gasteiger partial charge in [-0.2, -0.15) is 0 Å². The number of nitrogens with one attached hydrogen (secondary N) is 2. The Morgan fingerprint density at radius 3 is 2.50 bits per heavy atom. The second-order valence-corrected chi connectivity index (χ2v) is 9.93. The molecule has 1 aromatic heterocycles. The number of likely N-dealkylation sites (tertiary alicyclic amines) is 1. The summed E-state index contributed by atoms with van der Waals surface area (Å²) in [5, 5.41) is 17.7. The van der Waals surface area contributed by atoms with Crippen LogP contribution in [0.5, 0.6) is 0 Å². The average molecular weight is 535 g/mol. The summed E-state index contributed by atoms with van der Waals surface area (Å²) in [6.45, 7) is 1.28. The molecule has 2 aliphatic rings. The second-order valence-electron chi connectivity index (χ2n) is 9.93. The molecule has 0 saturated carbocycles. The van der Waals surface area contributed by atoms with Crippen molar-refractivity contribution in [2.24, 2.45) is 7.05 Å². The van der Waals surface area contributed by atoms with Crippen LogP contribution in [0.4, 0.5) is 17.1 Å². The summed E-state index contributed by atoms with van der Waals surface area (Å²) in [6, 6.07) is 19.7. The number of rotatable bonds is 7. The number of imidazole rings is 1. The fraction of sp³-hybridized carbons (Fsp3) is 0.167. The Hall–Kier alpha value is -5.25. The summed E-state index contributed by atoms with van der Waals surface area (Å²) in [4.78, 5) is 42.6. The number of hydrogen-bond donors (Lipinski definition) is 2. The van der Waals surface area contributed by atoms with Crippen LogP contribution >= 0.6 is 0 Å². The largest absolute Gasteiger partial charge is 0.354 e. The molecule has 0 atom stereocenters. The van der Waals surface area contributed by atoms with Crippen molar-refractivity contribution < 1.29 is 14.5 Å². The Labute approximate surface area is 230 Å².